The second kappa shape index (κ2) is 6.35. The minimum atomic E-state index is -0.498. The Balaban J connectivity index is 2.46. The van der Waals surface area contributed by atoms with E-state index in [1.807, 2.05) is 0 Å². The van der Waals surface area contributed by atoms with Gasteiger partial charge in [-0.15, -0.1) is 0 Å². The Labute approximate surface area is 121 Å². The molecule has 0 atom stereocenters. The molecule has 0 aliphatic carbocycles. The first-order valence-electron chi connectivity index (χ1n) is 6.06. The van der Waals surface area contributed by atoms with E-state index in [4.69, 9.17) is 0 Å². The molecule has 2 aromatic carbocycles. The number of nitro benzene ring substituents is 1. The number of nitro groups is 1. The number of esters is 1. The minimum absolute atomic E-state index is 0.0689. The summed E-state index contributed by atoms with van der Waals surface area (Å²) < 4.78 is 4.68. The number of rotatable bonds is 2. The van der Waals surface area contributed by atoms with Gasteiger partial charge in [-0.2, -0.15) is 0 Å². The van der Waals surface area contributed by atoms with E-state index in [0.717, 1.165) is 0 Å². The fourth-order valence-electron chi connectivity index (χ4n) is 1.75. The second-order valence-corrected chi connectivity index (χ2v) is 4.06. The zero-order chi connectivity index (χ0) is 15.2. The predicted octanol–water partition coefficient (Wildman–Crippen LogP) is 2.78. The van der Waals surface area contributed by atoms with E-state index < -0.39 is 10.9 Å². The second-order valence-electron chi connectivity index (χ2n) is 4.06. The van der Waals surface area contributed by atoms with Crippen LogP contribution in [0.25, 0.3) is 0 Å². The summed E-state index contributed by atoms with van der Waals surface area (Å²) in [6.07, 6.45) is 0. The third-order valence-corrected chi connectivity index (χ3v) is 2.76. The van der Waals surface area contributed by atoms with Crippen molar-refractivity contribution < 1.29 is 14.5 Å². The molecule has 2 aromatic rings. The lowest BCUT2D eigenvalue weighted by Gasteiger charge is -2.01. The van der Waals surface area contributed by atoms with Crippen molar-refractivity contribution in [3.63, 3.8) is 0 Å². The van der Waals surface area contributed by atoms with Gasteiger partial charge >= 0.3 is 5.97 Å². The lowest BCUT2D eigenvalue weighted by molar-refractivity contribution is -0.385. The van der Waals surface area contributed by atoms with Crippen molar-refractivity contribution in [3.8, 4) is 11.8 Å². The van der Waals surface area contributed by atoms with Crippen molar-refractivity contribution in [3.05, 3.63) is 75.3 Å². The summed E-state index contributed by atoms with van der Waals surface area (Å²) in [4.78, 5) is 22.1. The summed E-state index contributed by atoms with van der Waals surface area (Å²) in [5.74, 6) is 5.02. The van der Waals surface area contributed by atoms with Gasteiger partial charge in [0.1, 0.15) is 5.56 Å². The fourth-order valence-corrected chi connectivity index (χ4v) is 1.75. The Morgan fingerprint density at radius 1 is 1.05 bits per heavy atom. The Morgan fingerprint density at radius 3 is 2.29 bits per heavy atom. The average molecular weight is 281 g/mol. The molecule has 0 bridgehead atoms. The SMILES string of the molecule is COC(=O)c1ccccc1C#Cc1ccccc1[N+](=O)[O-]. The molecule has 0 heterocycles. The van der Waals surface area contributed by atoms with Crippen LogP contribution < -0.4 is 0 Å². The zero-order valence-electron chi connectivity index (χ0n) is 11.2. The van der Waals surface area contributed by atoms with Crippen LogP contribution in [0.1, 0.15) is 21.5 Å². The Hall–Kier alpha value is -3.13. The van der Waals surface area contributed by atoms with Crippen molar-refractivity contribution in [2.45, 2.75) is 0 Å². The monoisotopic (exact) mass is 281 g/mol. The predicted molar refractivity (Wildman–Crippen MR) is 76.9 cm³/mol. The van der Waals surface area contributed by atoms with Crippen LogP contribution in [0.2, 0.25) is 0 Å². The average Bonchev–Trinajstić information content (AvgIpc) is 2.52. The van der Waals surface area contributed by atoms with E-state index in [0.29, 0.717) is 16.7 Å². The van der Waals surface area contributed by atoms with Gasteiger partial charge < -0.3 is 4.74 Å². The van der Waals surface area contributed by atoms with Crippen LogP contribution in [0.5, 0.6) is 0 Å². The van der Waals surface area contributed by atoms with Crippen LogP contribution in [-0.4, -0.2) is 18.0 Å². The molecule has 0 radical (unpaired) electrons. The molecule has 5 nitrogen and oxygen atoms in total. The highest BCUT2D eigenvalue weighted by molar-refractivity contribution is 5.92. The van der Waals surface area contributed by atoms with Crippen molar-refractivity contribution in [1.29, 1.82) is 0 Å². The van der Waals surface area contributed by atoms with Gasteiger partial charge in [-0.25, -0.2) is 4.79 Å². The molecule has 5 heteroatoms. The van der Waals surface area contributed by atoms with Gasteiger partial charge in [0.2, 0.25) is 0 Å². The molecule has 21 heavy (non-hydrogen) atoms. The third kappa shape index (κ3) is 3.25. The maximum Gasteiger partial charge on any atom is 0.339 e. The van der Waals surface area contributed by atoms with Crippen LogP contribution in [0, 0.1) is 22.0 Å². The van der Waals surface area contributed by atoms with Gasteiger partial charge in [-0.1, -0.05) is 36.1 Å². The molecule has 0 spiro atoms. The summed E-state index contributed by atoms with van der Waals surface area (Å²) in [5.41, 5.74) is 1.01. The topological polar surface area (TPSA) is 69.4 Å². The van der Waals surface area contributed by atoms with Crippen LogP contribution in [0.4, 0.5) is 5.69 Å². The Morgan fingerprint density at radius 2 is 1.62 bits per heavy atom. The third-order valence-electron chi connectivity index (χ3n) is 2.76. The molecule has 0 fully saturated rings. The molecule has 2 rings (SSSR count). The number of carbonyl (C=O) groups is 1. The maximum atomic E-state index is 11.6. The highest BCUT2D eigenvalue weighted by Crippen LogP contribution is 2.16. The molecule has 0 aliphatic rings. The van der Waals surface area contributed by atoms with E-state index in [-0.39, 0.29) is 5.69 Å². The highest BCUT2D eigenvalue weighted by Gasteiger charge is 2.11. The smallest absolute Gasteiger partial charge is 0.339 e. The molecular formula is C16H11NO4. The molecule has 0 saturated heterocycles. The van der Waals surface area contributed by atoms with Gasteiger partial charge in [-0.05, 0) is 18.2 Å². The summed E-state index contributed by atoms with van der Waals surface area (Å²) in [6.45, 7) is 0. The van der Waals surface area contributed by atoms with Crippen LogP contribution >= 0.6 is 0 Å². The molecular weight excluding hydrogens is 270 g/mol. The summed E-state index contributed by atoms with van der Waals surface area (Å²) in [5, 5.41) is 10.9. The molecule has 104 valence electrons. The van der Waals surface area contributed by atoms with Crippen molar-refractivity contribution in [2.75, 3.05) is 7.11 Å². The molecule has 0 N–H and O–H groups in total. The first-order valence-corrected chi connectivity index (χ1v) is 6.06. The first kappa shape index (κ1) is 14.3. The normalized spacial score (nSPS) is 9.38. The molecule has 0 unspecified atom stereocenters. The summed E-state index contributed by atoms with van der Waals surface area (Å²) >= 11 is 0. The number of nitrogens with zero attached hydrogens (tertiary/aromatic N) is 1. The number of para-hydroxylation sites is 1. The van der Waals surface area contributed by atoms with Crippen molar-refractivity contribution >= 4 is 11.7 Å². The number of hydrogen-bond acceptors (Lipinski definition) is 4. The van der Waals surface area contributed by atoms with Gasteiger partial charge in [-0.3, -0.25) is 10.1 Å². The Kier molecular flexibility index (Phi) is 4.32. The van der Waals surface area contributed by atoms with E-state index in [1.165, 1.54) is 13.2 Å². The number of carbonyl (C=O) groups excluding carboxylic acids is 1. The lowest BCUT2D eigenvalue weighted by atomic mass is 10.1. The largest absolute Gasteiger partial charge is 0.465 e. The van der Waals surface area contributed by atoms with Gasteiger partial charge in [0.25, 0.3) is 5.69 Å². The lowest BCUT2D eigenvalue weighted by Crippen LogP contribution is -2.03. The van der Waals surface area contributed by atoms with E-state index in [1.54, 1.807) is 42.5 Å². The summed E-state index contributed by atoms with van der Waals surface area (Å²) in [7, 11) is 1.29. The molecule has 0 saturated carbocycles. The molecule has 0 aliphatic heterocycles. The van der Waals surface area contributed by atoms with Crippen LogP contribution in [0.15, 0.2) is 48.5 Å². The van der Waals surface area contributed by atoms with Crippen LogP contribution in [-0.2, 0) is 4.74 Å². The summed E-state index contributed by atoms with van der Waals surface area (Å²) in [6, 6.07) is 12.9. The van der Waals surface area contributed by atoms with Crippen molar-refractivity contribution in [1.82, 2.24) is 0 Å². The van der Waals surface area contributed by atoms with E-state index in [2.05, 4.69) is 16.6 Å². The van der Waals surface area contributed by atoms with Crippen molar-refractivity contribution in [2.24, 2.45) is 0 Å². The zero-order valence-corrected chi connectivity index (χ0v) is 11.2. The molecule has 0 aromatic heterocycles. The van der Waals surface area contributed by atoms with Gasteiger partial charge in [0.05, 0.1) is 17.6 Å². The fraction of sp³-hybridized carbons (Fsp3) is 0.0625. The standard InChI is InChI=1S/C16H11NO4/c1-21-16(18)14-8-4-2-6-12(14)10-11-13-7-3-5-9-15(13)17(19)20/h2-9H,1H3. The molecule has 0 amide bonds. The maximum absolute atomic E-state index is 11.6. The number of methoxy groups -OCH3 is 1. The quantitative estimate of drug-likeness (QED) is 0.367. The highest BCUT2D eigenvalue weighted by atomic mass is 16.6. The first-order chi connectivity index (χ1) is 10.1. The Bertz CT molecular complexity index is 756. The number of hydrogen-bond donors (Lipinski definition) is 0. The van der Waals surface area contributed by atoms with Crippen LogP contribution in [0.3, 0.4) is 0 Å². The van der Waals surface area contributed by atoms with Gasteiger partial charge in [0.15, 0.2) is 0 Å². The van der Waals surface area contributed by atoms with Gasteiger partial charge in [0, 0.05) is 11.6 Å². The van der Waals surface area contributed by atoms with E-state index in [9.17, 15) is 14.9 Å². The number of benzene rings is 2. The van der Waals surface area contributed by atoms with E-state index >= 15 is 0 Å². The number of ether oxygens (including phenoxy) is 1. The minimum Gasteiger partial charge on any atom is -0.465 e.